The Balaban J connectivity index is 4.00. The fourth-order valence-corrected chi connectivity index (χ4v) is 0.603. The highest BCUT2D eigenvalue weighted by Crippen LogP contribution is 1.96. The number of allylic oxidation sites excluding steroid dienone is 4. The predicted octanol–water partition coefficient (Wildman–Crippen LogP) is 1.98. The fraction of sp³-hybridized carbons (Fsp3) is 0.250. The molecule has 1 heteroatoms. The molecule has 0 radical (unpaired) electrons. The average Bonchev–Trinajstić information content (AvgIpc) is 1.63. The zero-order chi connectivity index (χ0) is 7.28. The molecule has 1 nitrogen and oxygen atoms in total. The van der Waals surface area contributed by atoms with Crippen molar-refractivity contribution in [3.63, 3.8) is 0 Å². The van der Waals surface area contributed by atoms with Gasteiger partial charge in [-0.1, -0.05) is 18.7 Å². The lowest BCUT2D eigenvalue weighted by atomic mass is 10.2. The minimum Gasteiger partial charge on any atom is -0.399 e. The zero-order valence-corrected chi connectivity index (χ0v) is 6.02. The molecule has 0 rings (SSSR count). The van der Waals surface area contributed by atoms with Crippen molar-refractivity contribution in [3.05, 3.63) is 36.1 Å². The summed E-state index contributed by atoms with van der Waals surface area (Å²) < 4.78 is 0. The van der Waals surface area contributed by atoms with Gasteiger partial charge in [-0.25, -0.2) is 0 Å². The quantitative estimate of drug-likeness (QED) is 0.558. The summed E-state index contributed by atoms with van der Waals surface area (Å²) in [5.74, 6) is 0. The van der Waals surface area contributed by atoms with Crippen molar-refractivity contribution in [1.29, 1.82) is 0 Å². The highest BCUT2D eigenvalue weighted by molar-refractivity contribution is 5.24. The van der Waals surface area contributed by atoms with E-state index in [-0.39, 0.29) is 0 Å². The monoisotopic (exact) mass is 123 g/mol. The Kier molecular flexibility index (Phi) is 3.52. The van der Waals surface area contributed by atoms with Gasteiger partial charge in [0.2, 0.25) is 0 Å². The molecule has 0 aliphatic carbocycles. The molecule has 0 saturated carbocycles. The second kappa shape index (κ2) is 3.96. The number of hydrogen-bond donors (Lipinski definition) is 1. The van der Waals surface area contributed by atoms with Crippen molar-refractivity contribution in [2.24, 2.45) is 5.73 Å². The van der Waals surface area contributed by atoms with Gasteiger partial charge in [0.1, 0.15) is 0 Å². The highest BCUT2D eigenvalue weighted by Gasteiger charge is 1.78. The first-order chi connectivity index (χ1) is 4.16. The van der Waals surface area contributed by atoms with Crippen molar-refractivity contribution >= 4 is 0 Å². The van der Waals surface area contributed by atoms with Gasteiger partial charge in [0.15, 0.2) is 0 Å². The number of nitrogens with two attached hydrogens (primary N) is 1. The van der Waals surface area contributed by atoms with E-state index >= 15 is 0 Å². The van der Waals surface area contributed by atoms with E-state index in [2.05, 4.69) is 6.58 Å². The van der Waals surface area contributed by atoms with Crippen molar-refractivity contribution in [3.8, 4) is 0 Å². The molecular formula is C8H13N. The maximum absolute atomic E-state index is 5.32. The Bertz CT molecular complexity index is 152. The summed E-state index contributed by atoms with van der Waals surface area (Å²) in [6.45, 7) is 7.50. The molecule has 0 fully saturated rings. The van der Waals surface area contributed by atoms with Crippen LogP contribution in [0.5, 0.6) is 0 Å². The highest BCUT2D eigenvalue weighted by atomic mass is 14.5. The van der Waals surface area contributed by atoms with Crippen LogP contribution in [0.25, 0.3) is 0 Å². The van der Waals surface area contributed by atoms with Crippen LogP contribution < -0.4 is 5.73 Å². The van der Waals surface area contributed by atoms with E-state index in [4.69, 9.17) is 5.73 Å². The zero-order valence-electron chi connectivity index (χ0n) is 6.02. The molecule has 0 spiro atoms. The third-order valence-corrected chi connectivity index (χ3v) is 0.843. The minimum absolute atomic E-state index is 0.602. The summed E-state index contributed by atoms with van der Waals surface area (Å²) >= 11 is 0. The molecule has 0 unspecified atom stereocenters. The van der Waals surface area contributed by atoms with E-state index in [0.717, 1.165) is 5.57 Å². The Morgan fingerprint density at radius 1 is 1.56 bits per heavy atom. The van der Waals surface area contributed by atoms with Gasteiger partial charge in [0.05, 0.1) is 0 Å². The topological polar surface area (TPSA) is 26.0 Å². The van der Waals surface area contributed by atoms with Crippen molar-refractivity contribution in [2.75, 3.05) is 0 Å². The second-order valence-electron chi connectivity index (χ2n) is 1.96. The molecule has 0 amide bonds. The van der Waals surface area contributed by atoms with Gasteiger partial charge < -0.3 is 5.73 Å². The van der Waals surface area contributed by atoms with E-state index in [9.17, 15) is 0 Å². The van der Waals surface area contributed by atoms with Gasteiger partial charge in [0, 0.05) is 5.70 Å². The molecule has 9 heavy (non-hydrogen) atoms. The summed E-state index contributed by atoms with van der Waals surface area (Å²) in [5, 5.41) is 0. The van der Waals surface area contributed by atoms with Crippen LogP contribution in [0.2, 0.25) is 0 Å². The van der Waals surface area contributed by atoms with Gasteiger partial charge in [-0.2, -0.15) is 0 Å². The lowest BCUT2D eigenvalue weighted by Gasteiger charge is -1.89. The van der Waals surface area contributed by atoms with Crippen LogP contribution in [0.3, 0.4) is 0 Å². The summed E-state index contributed by atoms with van der Waals surface area (Å²) in [5.41, 5.74) is 7.05. The molecule has 0 heterocycles. The number of hydrogen-bond acceptors (Lipinski definition) is 1. The van der Waals surface area contributed by atoms with Gasteiger partial charge in [-0.3, -0.25) is 0 Å². The average molecular weight is 123 g/mol. The van der Waals surface area contributed by atoms with E-state index < -0.39 is 0 Å². The molecule has 0 aliphatic heterocycles. The van der Waals surface area contributed by atoms with Crippen LogP contribution >= 0.6 is 0 Å². The van der Waals surface area contributed by atoms with Crippen LogP contribution in [0.4, 0.5) is 0 Å². The fourth-order valence-electron chi connectivity index (χ4n) is 0.603. The Hall–Kier alpha value is -0.980. The van der Waals surface area contributed by atoms with Gasteiger partial charge >= 0.3 is 0 Å². The van der Waals surface area contributed by atoms with Gasteiger partial charge in [-0.05, 0) is 25.5 Å². The predicted molar refractivity (Wildman–Crippen MR) is 41.9 cm³/mol. The molecular weight excluding hydrogens is 110 g/mol. The van der Waals surface area contributed by atoms with Crippen molar-refractivity contribution in [1.82, 2.24) is 0 Å². The molecule has 0 aromatic rings. The van der Waals surface area contributed by atoms with E-state index in [0.29, 0.717) is 5.70 Å². The van der Waals surface area contributed by atoms with Crippen molar-refractivity contribution in [2.45, 2.75) is 13.8 Å². The molecule has 0 atom stereocenters. The van der Waals surface area contributed by atoms with E-state index in [1.54, 1.807) is 0 Å². The van der Waals surface area contributed by atoms with Gasteiger partial charge in [0.25, 0.3) is 0 Å². The molecule has 0 aliphatic rings. The summed E-state index contributed by atoms with van der Waals surface area (Å²) in [4.78, 5) is 0. The first-order valence-electron chi connectivity index (χ1n) is 2.92. The molecule has 2 N–H and O–H groups in total. The second-order valence-corrected chi connectivity index (χ2v) is 1.96. The maximum Gasteiger partial charge on any atom is 0.0243 e. The Morgan fingerprint density at radius 2 is 2.11 bits per heavy atom. The standard InChI is InChI=1S/C8H13N/c1-4-5-7(2)6-8(3)9/h4-6H,3,9H2,1-2H3/b5-4-,7-6+. The molecule has 0 aromatic carbocycles. The molecule has 50 valence electrons. The Morgan fingerprint density at radius 3 is 2.44 bits per heavy atom. The molecule has 0 saturated heterocycles. The summed E-state index contributed by atoms with van der Waals surface area (Å²) in [6.07, 6.45) is 5.78. The SMILES string of the molecule is C=C(N)/C=C(C)/C=C\C. The van der Waals surface area contributed by atoms with Crippen LogP contribution in [0.1, 0.15) is 13.8 Å². The lowest BCUT2D eigenvalue weighted by Crippen LogP contribution is -1.89. The third-order valence-electron chi connectivity index (χ3n) is 0.843. The summed E-state index contributed by atoms with van der Waals surface area (Å²) in [7, 11) is 0. The van der Waals surface area contributed by atoms with Crippen LogP contribution in [0.15, 0.2) is 36.1 Å². The van der Waals surface area contributed by atoms with Crippen LogP contribution in [-0.4, -0.2) is 0 Å². The minimum atomic E-state index is 0.602. The van der Waals surface area contributed by atoms with Crippen LogP contribution in [-0.2, 0) is 0 Å². The summed E-state index contributed by atoms with van der Waals surface area (Å²) in [6, 6.07) is 0. The first kappa shape index (κ1) is 8.02. The molecule has 0 aromatic heterocycles. The van der Waals surface area contributed by atoms with Crippen LogP contribution in [0, 0.1) is 0 Å². The first-order valence-corrected chi connectivity index (χ1v) is 2.92. The maximum atomic E-state index is 5.32. The van der Waals surface area contributed by atoms with E-state index in [1.807, 2.05) is 32.1 Å². The van der Waals surface area contributed by atoms with Gasteiger partial charge in [-0.15, -0.1) is 0 Å². The van der Waals surface area contributed by atoms with E-state index in [1.165, 1.54) is 0 Å². The largest absolute Gasteiger partial charge is 0.399 e. The lowest BCUT2D eigenvalue weighted by molar-refractivity contribution is 1.39. The smallest absolute Gasteiger partial charge is 0.0243 e. The number of rotatable bonds is 2. The normalized spacial score (nSPS) is 12.4. The molecule has 0 bridgehead atoms. The third kappa shape index (κ3) is 4.88. The van der Waals surface area contributed by atoms with Crippen molar-refractivity contribution < 1.29 is 0 Å². The Labute approximate surface area is 56.6 Å².